The minimum Gasteiger partial charge on any atom is -0.309 e. The lowest BCUT2D eigenvalue weighted by atomic mass is 10.1. The number of benzene rings is 1. The third-order valence-electron chi connectivity index (χ3n) is 3.10. The second kappa shape index (κ2) is 4.78. The van der Waals surface area contributed by atoms with Crippen LogP contribution in [0.25, 0.3) is 10.6 Å². The lowest BCUT2D eigenvalue weighted by Crippen LogP contribution is -2.14. The van der Waals surface area contributed by atoms with Crippen LogP contribution in [-0.2, 0) is 6.54 Å². The van der Waals surface area contributed by atoms with Crippen molar-refractivity contribution in [1.82, 2.24) is 10.3 Å². The van der Waals surface area contributed by atoms with E-state index in [0.29, 0.717) is 11.6 Å². The van der Waals surface area contributed by atoms with Crippen molar-refractivity contribution in [3.05, 3.63) is 40.7 Å². The van der Waals surface area contributed by atoms with Gasteiger partial charge in [-0.05, 0) is 43.5 Å². The van der Waals surface area contributed by atoms with Gasteiger partial charge in [0.15, 0.2) is 0 Å². The van der Waals surface area contributed by atoms with Crippen molar-refractivity contribution < 1.29 is 4.39 Å². The van der Waals surface area contributed by atoms with Gasteiger partial charge in [-0.3, -0.25) is 0 Å². The fourth-order valence-electron chi connectivity index (χ4n) is 1.83. The second-order valence-corrected chi connectivity index (χ2v) is 5.87. The summed E-state index contributed by atoms with van der Waals surface area (Å²) in [5.41, 5.74) is 1.66. The Morgan fingerprint density at radius 3 is 3.00 bits per heavy atom. The van der Waals surface area contributed by atoms with Gasteiger partial charge in [-0.25, -0.2) is 9.37 Å². The molecule has 2 nitrogen and oxygen atoms in total. The van der Waals surface area contributed by atoms with Crippen LogP contribution in [0, 0.1) is 12.7 Å². The zero-order valence-corrected chi connectivity index (χ0v) is 11.1. The van der Waals surface area contributed by atoms with Crippen LogP contribution in [0.2, 0.25) is 0 Å². The third-order valence-corrected chi connectivity index (χ3v) is 4.15. The zero-order chi connectivity index (χ0) is 12.5. The molecule has 0 aliphatic heterocycles. The number of thiazole rings is 1. The highest BCUT2D eigenvalue weighted by Crippen LogP contribution is 2.27. The smallest absolute Gasteiger partial charge is 0.126 e. The number of hydrogen-bond donors (Lipinski definition) is 1. The molecule has 1 aliphatic carbocycles. The van der Waals surface area contributed by atoms with Crippen LogP contribution in [0.4, 0.5) is 4.39 Å². The number of nitrogens with one attached hydrogen (secondary N) is 1. The molecule has 0 unspecified atom stereocenters. The van der Waals surface area contributed by atoms with Crippen molar-refractivity contribution in [1.29, 1.82) is 0 Å². The molecule has 1 heterocycles. The molecule has 1 aromatic heterocycles. The molecule has 1 N–H and O–H groups in total. The Morgan fingerprint density at radius 2 is 2.28 bits per heavy atom. The zero-order valence-electron chi connectivity index (χ0n) is 10.2. The molecule has 0 saturated heterocycles. The molecular formula is C14H15FN2S. The van der Waals surface area contributed by atoms with Crippen LogP contribution < -0.4 is 5.32 Å². The van der Waals surface area contributed by atoms with Crippen molar-refractivity contribution in [2.24, 2.45) is 0 Å². The van der Waals surface area contributed by atoms with Crippen LogP contribution in [0.5, 0.6) is 0 Å². The molecule has 1 aliphatic rings. The van der Waals surface area contributed by atoms with E-state index in [0.717, 1.165) is 17.1 Å². The Labute approximate surface area is 110 Å². The predicted octanol–water partition coefficient (Wildman–Crippen LogP) is 3.51. The van der Waals surface area contributed by atoms with Gasteiger partial charge >= 0.3 is 0 Å². The number of aromatic nitrogens is 1. The van der Waals surface area contributed by atoms with Gasteiger partial charge in [-0.2, -0.15) is 0 Å². The maximum absolute atomic E-state index is 13.2. The highest BCUT2D eigenvalue weighted by molar-refractivity contribution is 7.15. The van der Waals surface area contributed by atoms with Crippen LogP contribution in [0.1, 0.15) is 23.3 Å². The van der Waals surface area contributed by atoms with Crippen molar-refractivity contribution in [2.75, 3.05) is 0 Å². The van der Waals surface area contributed by atoms with E-state index in [1.54, 1.807) is 24.3 Å². The first-order valence-corrected chi connectivity index (χ1v) is 6.98. The Kier molecular flexibility index (Phi) is 3.14. The number of hydrogen-bond acceptors (Lipinski definition) is 3. The van der Waals surface area contributed by atoms with E-state index in [2.05, 4.69) is 10.3 Å². The van der Waals surface area contributed by atoms with Gasteiger partial charge in [-0.15, -0.1) is 11.3 Å². The monoisotopic (exact) mass is 262 g/mol. The van der Waals surface area contributed by atoms with E-state index in [1.807, 2.05) is 12.3 Å². The van der Waals surface area contributed by atoms with Crippen molar-refractivity contribution >= 4 is 11.3 Å². The summed E-state index contributed by atoms with van der Waals surface area (Å²) in [6.07, 6.45) is 4.50. The molecule has 1 aromatic carbocycles. The van der Waals surface area contributed by atoms with Gasteiger partial charge in [0.2, 0.25) is 0 Å². The molecule has 3 rings (SSSR count). The number of rotatable bonds is 4. The summed E-state index contributed by atoms with van der Waals surface area (Å²) < 4.78 is 13.2. The molecule has 0 radical (unpaired) electrons. The largest absolute Gasteiger partial charge is 0.309 e. The first-order valence-electron chi connectivity index (χ1n) is 6.17. The molecular weight excluding hydrogens is 247 g/mol. The topological polar surface area (TPSA) is 24.9 Å². The highest BCUT2D eigenvalue weighted by Gasteiger charge is 2.20. The second-order valence-electron chi connectivity index (χ2n) is 4.75. The summed E-state index contributed by atoms with van der Waals surface area (Å²) in [4.78, 5) is 5.65. The highest BCUT2D eigenvalue weighted by atomic mass is 32.1. The summed E-state index contributed by atoms with van der Waals surface area (Å²) >= 11 is 1.67. The molecule has 94 valence electrons. The lowest BCUT2D eigenvalue weighted by molar-refractivity contribution is 0.619. The van der Waals surface area contributed by atoms with E-state index in [4.69, 9.17) is 0 Å². The van der Waals surface area contributed by atoms with E-state index in [1.165, 1.54) is 23.8 Å². The molecule has 1 saturated carbocycles. The quantitative estimate of drug-likeness (QED) is 0.912. The van der Waals surface area contributed by atoms with Gasteiger partial charge in [0.05, 0.1) is 0 Å². The van der Waals surface area contributed by atoms with Crippen LogP contribution >= 0.6 is 11.3 Å². The predicted molar refractivity (Wildman–Crippen MR) is 72.1 cm³/mol. The number of nitrogens with zero attached hydrogens (tertiary/aromatic N) is 1. The molecule has 0 bridgehead atoms. The SMILES string of the molecule is Cc1cc(-c2ncc(CNC3CC3)s2)ccc1F. The summed E-state index contributed by atoms with van der Waals surface area (Å²) in [5, 5.41) is 4.43. The average molecular weight is 262 g/mol. The maximum Gasteiger partial charge on any atom is 0.126 e. The summed E-state index contributed by atoms with van der Waals surface area (Å²) in [6, 6.07) is 5.86. The minimum atomic E-state index is -0.161. The van der Waals surface area contributed by atoms with Gasteiger partial charge in [-0.1, -0.05) is 0 Å². The minimum absolute atomic E-state index is 0.161. The molecule has 18 heavy (non-hydrogen) atoms. The summed E-state index contributed by atoms with van der Waals surface area (Å²) in [7, 11) is 0. The van der Waals surface area contributed by atoms with E-state index in [9.17, 15) is 4.39 Å². The molecule has 0 spiro atoms. The van der Waals surface area contributed by atoms with Crippen molar-refractivity contribution in [2.45, 2.75) is 32.4 Å². The molecule has 0 atom stereocenters. The molecule has 2 aromatic rings. The van der Waals surface area contributed by atoms with Crippen LogP contribution in [-0.4, -0.2) is 11.0 Å². The van der Waals surface area contributed by atoms with E-state index < -0.39 is 0 Å². The fraction of sp³-hybridized carbons (Fsp3) is 0.357. The summed E-state index contributed by atoms with van der Waals surface area (Å²) in [6.45, 7) is 2.67. The molecule has 1 fully saturated rings. The summed E-state index contributed by atoms with van der Waals surface area (Å²) in [5.74, 6) is -0.161. The van der Waals surface area contributed by atoms with E-state index in [-0.39, 0.29) is 5.82 Å². The van der Waals surface area contributed by atoms with Crippen LogP contribution in [0.15, 0.2) is 24.4 Å². The Bertz CT molecular complexity index is 561. The Balaban J connectivity index is 1.76. The first kappa shape index (κ1) is 11.8. The lowest BCUT2D eigenvalue weighted by Gasteiger charge is -2.00. The first-order chi connectivity index (χ1) is 8.72. The average Bonchev–Trinajstić information content (AvgIpc) is 3.08. The van der Waals surface area contributed by atoms with E-state index >= 15 is 0 Å². The Hall–Kier alpha value is -1.26. The molecule has 0 amide bonds. The number of aryl methyl sites for hydroxylation is 1. The van der Waals surface area contributed by atoms with Gasteiger partial charge in [0, 0.05) is 29.2 Å². The fourth-order valence-corrected chi connectivity index (χ4v) is 2.69. The Morgan fingerprint density at radius 1 is 1.44 bits per heavy atom. The van der Waals surface area contributed by atoms with Crippen molar-refractivity contribution in [3.8, 4) is 10.6 Å². The van der Waals surface area contributed by atoms with Gasteiger partial charge in [0.1, 0.15) is 10.8 Å². The van der Waals surface area contributed by atoms with Crippen LogP contribution in [0.3, 0.4) is 0 Å². The van der Waals surface area contributed by atoms with Crippen molar-refractivity contribution in [3.63, 3.8) is 0 Å². The molecule has 4 heteroatoms. The third kappa shape index (κ3) is 2.60. The normalized spacial score (nSPS) is 15.0. The van der Waals surface area contributed by atoms with Gasteiger partial charge < -0.3 is 5.32 Å². The maximum atomic E-state index is 13.2. The standard InChI is InChI=1S/C14H15FN2S/c1-9-6-10(2-5-13(9)15)14-17-8-12(18-14)7-16-11-3-4-11/h2,5-6,8,11,16H,3-4,7H2,1H3. The number of halogens is 1. The van der Waals surface area contributed by atoms with Gasteiger partial charge in [0.25, 0.3) is 0 Å².